The van der Waals surface area contributed by atoms with Gasteiger partial charge >= 0.3 is 5.97 Å². The number of carbonyl (C=O) groups excluding carboxylic acids is 1. The zero-order valence-electron chi connectivity index (χ0n) is 13.1. The maximum atomic E-state index is 12.1. The Kier molecular flexibility index (Phi) is 4.77. The normalized spacial score (nSPS) is 10.0. The van der Waals surface area contributed by atoms with Gasteiger partial charge in [0.1, 0.15) is 23.0 Å². The fourth-order valence-corrected chi connectivity index (χ4v) is 2.09. The van der Waals surface area contributed by atoms with Crippen molar-refractivity contribution in [2.75, 3.05) is 7.11 Å². The first-order valence-corrected chi connectivity index (χ1v) is 7.44. The van der Waals surface area contributed by atoms with Gasteiger partial charge < -0.3 is 14.2 Å². The molecule has 0 fully saturated rings. The van der Waals surface area contributed by atoms with Crippen LogP contribution in [-0.2, 0) is 0 Å². The van der Waals surface area contributed by atoms with E-state index < -0.39 is 5.97 Å². The first-order chi connectivity index (χ1) is 11.7. The van der Waals surface area contributed by atoms with Gasteiger partial charge in [-0.2, -0.15) is 0 Å². The topological polar surface area (TPSA) is 44.8 Å². The minimum atomic E-state index is -0.425. The number of hydrogen-bond donors (Lipinski definition) is 0. The van der Waals surface area contributed by atoms with Crippen molar-refractivity contribution in [1.82, 2.24) is 0 Å². The summed E-state index contributed by atoms with van der Waals surface area (Å²) in [5.74, 6) is 2.14. The lowest BCUT2D eigenvalue weighted by atomic mass is 10.2. The molecule has 0 saturated heterocycles. The molecular weight excluding hydrogens is 304 g/mol. The Bertz CT molecular complexity index is 793. The van der Waals surface area contributed by atoms with Gasteiger partial charge in [-0.3, -0.25) is 0 Å². The summed E-state index contributed by atoms with van der Waals surface area (Å²) in [6.45, 7) is 0. The van der Waals surface area contributed by atoms with Gasteiger partial charge in [0, 0.05) is 0 Å². The lowest BCUT2D eigenvalue weighted by molar-refractivity contribution is 0.0734. The van der Waals surface area contributed by atoms with Crippen LogP contribution in [-0.4, -0.2) is 13.1 Å². The highest BCUT2D eigenvalue weighted by Gasteiger charge is 2.09. The highest BCUT2D eigenvalue weighted by Crippen LogP contribution is 2.22. The molecule has 3 aromatic carbocycles. The van der Waals surface area contributed by atoms with Gasteiger partial charge in [-0.05, 0) is 60.7 Å². The van der Waals surface area contributed by atoms with Crippen LogP contribution in [0.5, 0.6) is 23.0 Å². The van der Waals surface area contributed by atoms with Gasteiger partial charge in [-0.1, -0.05) is 18.2 Å². The third-order valence-corrected chi connectivity index (χ3v) is 3.34. The Morgan fingerprint density at radius 3 is 1.83 bits per heavy atom. The van der Waals surface area contributed by atoms with E-state index in [2.05, 4.69) is 0 Å². The minimum Gasteiger partial charge on any atom is -0.497 e. The molecule has 120 valence electrons. The third-order valence-electron chi connectivity index (χ3n) is 3.34. The Morgan fingerprint density at radius 2 is 1.21 bits per heavy atom. The second-order valence-electron chi connectivity index (χ2n) is 5.00. The average molecular weight is 320 g/mol. The molecule has 0 spiro atoms. The average Bonchev–Trinajstić information content (AvgIpc) is 2.64. The molecule has 4 nitrogen and oxygen atoms in total. The molecule has 0 N–H and O–H groups in total. The molecule has 3 aromatic rings. The largest absolute Gasteiger partial charge is 0.497 e. The summed E-state index contributed by atoms with van der Waals surface area (Å²) in [4.78, 5) is 12.1. The van der Waals surface area contributed by atoms with Crippen LogP contribution < -0.4 is 14.2 Å². The Labute approximate surface area is 140 Å². The highest BCUT2D eigenvalue weighted by atomic mass is 16.5. The van der Waals surface area contributed by atoms with Crippen molar-refractivity contribution in [3.8, 4) is 23.0 Å². The molecule has 0 unspecified atom stereocenters. The number of esters is 1. The van der Waals surface area contributed by atoms with Crippen LogP contribution in [0.25, 0.3) is 0 Å². The molecule has 0 aliphatic heterocycles. The molecule has 0 amide bonds. The molecule has 4 heteroatoms. The van der Waals surface area contributed by atoms with Crippen molar-refractivity contribution < 1.29 is 19.0 Å². The van der Waals surface area contributed by atoms with Gasteiger partial charge in [0.05, 0.1) is 12.7 Å². The molecule has 0 saturated carbocycles. The van der Waals surface area contributed by atoms with E-state index in [1.54, 1.807) is 55.6 Å². The van der Waals surface area contributed by atoms with Crippen LogP contribution in [0.1, 0.15) is 10.4 Å². The molecule has 0 aliphatic carbocycles. The summed E-state index contributed by atoms with van der Waals surface area (Å²) < 4.78 is 16.1. The zero-order valence-corrected chi connectivity index (χ0v) is 13.1. The monoisotopic (exact) mass is 320 g/mol. The van der Waals surface area contributed by atoms with Gasteiger partial charge in [0.25, 0.3) is 0 Å². The van der Waals surface area contributed by atoms with E-state index in [9.17, 15) is 4.79 Å². The predicted octanol–water partition coefficient (Wildman–Crippen LogP) is 4.71. The highest BCUT2D eigenvalue weighted by molar-refractivity contribution is 5.91. The maximum Gasteiger partial charge on any atom is 0.343 e. The van der Waals surface area contributed by atoms with E-state index in [1.165, 1.54) is 0 Å². The van der Waals surface area contributed by atoms with Gasteiger partial charge in [-0.15, -0.1) is 0 Å². The molecule has 0 radical (unpaired) electrons. The number of para-hydroxylation sites is 1. The molecular formula is C20H16O4. The first-order valence-electron chi connectivity index (χ1n) is 7.44. The second kappa shape index (κ2) is 7.33. The standard InChI is InChI=1S/C20H16O4/c1-22-16-11-13-19(14-12-16)24-20(21)15-7-9-18(10-8-15)23-17-5-3-2-4-6-17/h2-14H,1H3. The lowest BCUT2D eigenvalue weighted by Gasteiger charge is -2.07. The van der Waals surface area contributed by atoms with Crippen molar-refractivity contribution in [2.24, 2.45) is 0 Å². The van der Waals surface area contributed by atoms with E-state index in [0.29, 0.717) is 22.8 Å². The van der Waals surface area contributed by atoms with Crippen LogP contribution >= 0.6 is 0 Å². The molecule has 0 atom stereocenters. The van der Waals surface area contributed by atoms with E-state index >= 15 is 0 Å². The fraction of sp³-hybridized carbons (Fsp3) is 0.0500. The van der Waals surface area contributed by atoms with E-state index in [4.69, 9.17) is 14.2 Å². The Morgan fingerprint density at radius 1 is 0.667 bits per heavy atom. The molecule has 24 heavy (non-hydrogen) atoms. The van der Waals surface area contributed by atoms with Crippen molar-refractivity contribution in [3.63, 3.8) is 0 Å². The SMILES string of the molecule is COc1ccc(OC(=O)c2ccc(Oc3ccccc3)cc2)cc1. The molecule has 3 rings (SSSR count). The third kappa shape index (κ3) is 3.93. The smallest absolute Gasteiger partial charge is 0.343 e. The number of rotatable bonds is 5. The first kappa shape index (κ1) is 15.6. The van der Waals surface area contributed by atoms with Crippen LogP contribution in [0.15, 0.2) is 78.9 Å². The predicted molar refractivity (Wildman–Crippen MR) is 90.9 cm³/mol. The molecule has 0 heterocycles. The molecule has 0 aromatic heterocycles. The van der Waals surface area contributed by atoms with Crippen LogP contribution in [0.2, 0.25) is 0 Å². The van der Waals surface area contributed by atoms with Crippen molar-refractivity contribution >= 4 is 5.97 Å². The van der Waals surface area contributed by atoms with Gasteiger partial charge in [-0.25, -0.2) is 4.79 Å². The quantitative estimate of drug-likeness (QED) is 0.504. The lowest BCUT2D eigenvalue weighted by Crippen LogP contribution is -2.08. The van der Waals surface area contributed by atoms with Crippen molar-refractivity contribution in [1.29, 1.82) is 0 Å². The molecule has 0 aliphatic rings. The second-order valence-corrected chi connectivity index (χ2v) is 5.00. The summed E-state index contributed by atoms with van der Waals surface area (Å²) in [6, 6.07) is 23.1. The van der Waals surface area contributed by atoms with Gasteiger partial charge in [0.15, 0.2) is 0 Å². The number of methoxy groups -OCH3 is 1. The Hall–Kier alpha value is -3.27. The number of hydrogen-bond acceptors (Lipinski definition) is 4. The van der Waals surface area contributed by atoms with E-state index in [0.717, 1.165) is 5.75 Å². The van der Waals surface area contributed by atoms with Crippen LogP contribution in [0, 0.1) is 0 Å². The fourth-order valence-electron chi connectivity index (χ4n) is 2.09. The zero-order chi connectivity index (χ0) is 16.8. The maximum absolute atomic E-state index is 12.1. The summed E-state index contributed by atoms with van der Waals surface area (Å²) in [6.07, 6.45) is 0. The summed E-state index contributed by atoms with van der Waals surface area (Å²) in [5, 5.41) is 0. The number of benzene rings is 3. The summed E-state index contributed by atoms with van der Waals surface area (Å²) in [7, 11) is 1.58. The molecule has 0 bridgehead atoms. The summed E-state index contributed by atoms with van der Waals surface area (Å²) in [5.41, 5.74) is 0.450. The van der Waals surface area contributed by atoms with Gasteiger partial charge in [0.2, 0.25) is 0 Å². The van der Waals surface area contributed by atoms with E-state index in [1.807, 2.05) is 30.3 Å². The number of ether oxygens (including phenoxy) is 3. The summed E-state index contributed by atoms with van der Waals surface area (Å²) >= 11 is 0. The van der Waals surface area contributed by atoms with E-state index in [-0.39, 0.29) is 0 Å². The van der Waals surface area contributed by atoms with Crippen LogP contribution in [0.3, 0.4) is 0 Å². The Balaban J connectivity index is 1.64. The number of carbonyl (C=O) groups is 1. The van der Waals surface area contributed by atoms with Crippen molar-refractivity contribution in [2.45, 2.75) is 0 Å². The van der Waals surface area contributed by atoms with Crippen molar-refractivity contribution in [3.05, 3.63) is 84.4 Å². The van der Waals surface area contributed by atoms with Crippen LogP contribution in [0.4, 0.5) is 0 Å². The minimum absolute atomic E-state index is 0.425.